The Labute approximate surface area is 124 Å². The lowest BCUT2D eigenvalue weighted by atomic mass is 10.2. The van der Waals surface area contributed by atoms with Gasteiger partial charge in [-0.05, 0) is 46.7 Å². The number of ether oxygens (including phenoxy) is 1. The third kappa shape index (κ3) is 3.34. The summed E-state index contributed by atoms with van der Waals surface area (Å²) in [6.07, 6.45) is 0. The van der Waals surface area contributed by atoms with E-state index in [1.54, 1.807) is 12.1 Å². The van der Waals surface area contributed by atoms with Crippen LogP contribution < -0.4 is 10.1 Å². The Kier molecular flexibility index (Phi) is 4.70. The first-order valence-corrected chi connectivity index (χ1v) is 6.75. The highest BCUT2D eigenvalue weighted by Gasteiger charge is 2.16. The van der Waals surface area contributed by atoms with Gasteiger partial charge in [0.2, 0.25) is 0 Å². The van der Waals surface area contributed by atoms with Gasteiger partial charge in [0.25, 0.3) is 5.69 Å². The molecule has 1 N–H and O–H groups in total. The molecule has 0 atom stereocenters. The number of rotatable bonds is 5. The van der Waals surface area contributed by atoms with E-state index in [1.165, 1.54) is 6.07 Å². The second kappa shape index (κ2) is 6.49. The number of hydrogen-bond donors (Lipinski definition) is 1. The molecular formula is C14H13BrN2O3. The summed E-state index contributed by atoms with van der Waals surface area (Å²) >= 11 is 3.20. The van der Waals surface area contributed by atoms with Gasteiger partial charge in [-0.15, -0.1) is 0 Å². The van der Waals surface area contributed by atoms with Crippen molar-refractivity contribution >= 4 is 21.6 Å². The van der Waals surface area contributed by atoms with Crippen LogP contribution in [0.5, 0.6) is 11.5 Å². The molecule has 0 aromatic heterocycles. The smallest absolute Gasteiger partial charge is 0.287 e. The van der Waals surface area contributed by atoms with Crippen LogP contribution in [-0.2, 0) is 6.54 Å². The van der Waals surface area contributed by atoms with Crippen LogP contribution in [0.1, 0.15) is 5.56 Å². The predicted molar refractivity (Wildman–Crippen MR) is 80.1 cm³/mol. The van der Waals surface area contributed by atoms with Crippen molar-refractivity contribution in [1.82, 2.24) is 5.32 Å². The summed E-state index contributed by atoms with van der Waals surface area (Å²) in [7, 11) is 1.88. The van der Waals surface area contributed by atoms with Gasteiger partial charge in [-0.1, -0.05) is 18.2 Å². The first-order valence-electron chi connectivity index (χ1n) is 5.96. The quantitative estimate of drug-likeness (QED) is 0.664. The van der Waals surface area contributed by atoms with Crippen LogP contribution in [-0.4, -0.2) is 12.0 Å². The van der Waals surface area contributed by atoms with E-state index in [9.17, 15) is 10.1 Å². The van der Waals surface area contributed by atoms with Gasteiger partial charge in [0.15, 0.2) is 0 Å². The number of hydrogen-bond acceptors (Lipinski definition) is 4. The first kappa shape index (κ1) is 14.5. The Morgan fingerprint density at radius 2 is 1.95 bits per heavy atom. The largest absolute Gasteiger partial charge is 0.456 e. The molecule has 0 saturated heterocycles. The van der Waals surface area contributed by atoms with Crippen LogP contribution in [0.2, 0.25) is 0 Å². The highest BCUT2D eigenvalue weighted by atomic mass is 79.9. The normalized spacial score (nSPS) is 10.3. The van der Waals surface area contributed by atoms with Crippen molar-refractivity contribution in [1.29, 1.82) is 0 Å². The number of benzene rings is 2. The van der Waals surface area contributed by atoms with Crippen molar-refractivity contribution in [2.75, 3.05) is 7.05 Å². The maximum absolute atomic E-state index is 10.9. The average molecular weight is 337 g/mol. The molecular weight excluding hydrogens is 324 g/mol. The fourth-order valence-corrected chi connectivity index (χ4v) is 2.22. The summed E-state index contributed by atoms with van der Waals surface area (Å²) < 4.78 is 6.00. The van der Waals surface area contributed by atoms with Gasteiger partial charge in [0.05, 0.1) is 4.92 Å². The monoisotopic (exact) mass is 336 g/mol. The van der Waals surface area contributed by atoms with Crippen molar-refractivity contribution < 1.29 is 9.66 Å². The highest BCUT2D eigenvalue weighted by Crippen LogP contribution is 2.36. The molecule has 0 fully saturated rings. The van der Waals surface area contributed by atoms with E-state index in [0.29, 0.717) is 16.0 Å². The minimum Gasteiger partial charge on any atom is -0.456 e. The van der Waals surface area contributed by atoms with E-state index >= 15 is 0 Å². The van der Waals surface area contributed by atoms with E-state index in [-0.39, 0.29) is 5.69 Å². The van der Waals surface area contributed by atoms with Crippen molar-refractivity contribution in [3.63, 3.8) is 0 Å². The fraction of sp³-hybridized carbons (Fsp3) is 0.143. The third-order valence-corrected chi connectivity index (χ3v) is 3.47. The van der Waals surface area contributed by atoms with E-state index in [1.807, 2.05) is 31.3 Å². The Balaban J connectivity index is 2.21. The third-order valence-electron chi connectivity index (χ3n) is 2.67. The van der Waals surface area contributed by atoms with Crippen LogP contribution in [0.25, 0.3) is 0 Å². The molecule has 0 aliphatic heterocycles. The zero-order valence-electron chi connectivity index (χ0n) is 10.8. The Morgan fingerprint density at radius 3 is 2.55 bits per heavy atom. The molecule has 0 amide bonds. The molecule has 0 aliphatic rings. The molecule has 20 heavy (non-hydrogen) atoms. The number of nitrogens with one attached hydrogen (secondary N) is 1. The molecule has 104 valence electrons. The standard InChI is InChI=1S/C14H13BrN2O3/c1-16-9-10-5-7-11(8-6-10)20-13-4-2-3-12(14(13)15)17(18)19/h2-8,16H,9H2,1H3. The second-order valence-electron chi connectivity index (χ2n) is 4.12. The highest BCUT2D eigenvalue weighted by molar-refractivity contribution is 9.10. The number of nitro benzene ring substituents is 1. The van der Waals surface area contributed by atoms with Gasteiger partial charge in [-0.3, -0.25) is 10.1 Å². The Bertz CT molecular complexity index is 614. The summed E-state index contributed by atoms with van der Waals surface area (Å²) in [4.78, 5) is 10.4. The van der Waals surface area contributed by atoms with Crippen LogP contribution in [0, 0.1) is 10.1 Å². The zero-order chi connectivity index (χ0) is 14.5. The lowest BCUT2D eigenvalue weighted by molar-refractivity contribution is -0.385. The fourth-order valence-electron chi connectivity index (χ4n) is 1.73. The molecule has 5 nitrogen and oxygen atoms in total. The zero-order valence-corrected chi connectivity index (χ0v) is 12.4. The van der Waals surface area contributed by atoms with Crippen LogP contribution in [0.3, 0.4) is 0 Å². The molecule has 0 radical (unpaired) electrons. The molecule has 0 bridgehead atoms. The molecule has 0 heterocycles. The van der Waals surface area contributed by atoms with Gasteiger partial charge < -0.3 is 10.1 Å². The number of nitrogens with zero attached hydrogens (tertiary/aromatic N) is 1. The second-order valence-corrected chi connectivity index (χ2v) is 4.92. The predicted octanol–water partition coefficient (Wildman–Crippen LogP) is 3.87. The van der Waals surface area contributed by atoms with E-state index in [0.717, 1.165) is 12.1 Å². The van der Waals surface area contributed by atoms with Gasteiger partial charge in [0, 0.05) is 12.6 Å². The lowest BCUT2D eigenvalue weighted by Crippen LogP contribution is -2.04. The molecule has 2 aromatic rings. The van der Waals surface area contributed by atoms with Crippen LogP contribution >= 0.6 is 15.9 Å². The Morgan fingerprint density at radius 1 is 1.25 bits per heavy atom. The molecule has 0 unspecified atom stereocenters. The van der Waals surface area contributed by atoms with Gasteiger partial charge >= 0.3 is 0 Å². The van der Waals surface area contributed by atoms with E-state index in [2.05, 4.69) is 21.2 Å². The van der Waals surface area contributed by atoms with Crippen molar-refractivity contribution in [3.8, 4) is 11.5 Å². The van der Waals surface area contributed by atoms with Gasteiger partial charge in [-0.2, -0.15) is 0 Å². The van der Waals surface area contributed by atoms with Gasteiger partial charge in [-0.25, -0.2) is 0 Å². The number of halogens is 1. The van der Waals surface area contributed by atoms with E-state index < -0.39 is 4.92 Å². The molecule has 2 aromatic carbocycles. The molecule has 0 aliphatic carbocycles. The maximum Gasteiger partial charge on any atom is 0.287 e. The summed E-state index contributed by atoms with van der Waals surface area (Å²) in [5.41, 5.74) is 1.12. The molecule has 0 saturated carbocycles. The van der Waals surface area contributed by atoms with Crippen LogP contribution in [0.4, 0.5) is 5.69 Å². The summed E-state index contributed by atoms with van der Waals surface area (Å²) in [6.45, 7) is 0.779. The summed E-state index contributed by atoms with van der Waals surface area (Å²) in [5, 5.41) is 13.9. The summed E-state index contributed by atoms with van der Waals surface area (Å²) in [6, 6.07) is 12.2. The van der Waals surface area contributed by atoms with Crippen molar-refractivity contribution in [2.45, 2.75) is 6.54 Å². The minimum absolute atomic E-state index is 0.0192. The minimum atomic E-state index is -0.451. The number of nitro groups is 1. The summed E-state index contributed by atoms with van der Waals surface area (Å²) in [5.74, 6) is 1.05. The van der Waals surface area contributed by atoms with Crippen molar-refractivity contribution in [3.05, 3.63) is 62.6 Å². The molecule has 6 heteroatoms. The topological polar surface area (TPSA) is 64.4 Å². The molecule has 2 rings (SSSR count). The van der Waals surface area contributed by atoms with Crippen molar-refractivity contribution in [2.24, 2.45) is 0 Å². The Hall–Kier alpha value is -1.92. The lowest BCUT2D eigenvalue weighted by Gasteiger charge is -2.08. The maximum atomic E-state index is 10.9. The van der Waals surface area contributed by atoms with Crippen LogP contribution in [0.15, 0.2) is 46.9 Å². The molecule has 0 spiro atoms. The van der Waals surface area contributed by atoms with E-state index in [4.69, 9.17) is 4.74 Å². The SMILES string of the molecule is CNCc1ccc(Oc2cccc([N+](=O)[O-])c2Br)cc1. The van der Waals surface area contributed by atoms with Gasteiger partial charge in [0.1, 0.15) is 16.0 Å². The first-order chi connectivity index (χ1) is 9.61. The average Bonchev–Trinajstić information content (AvgIpc) is 2.43.